The Bertz CT molecular complexity index is 445. The van der Waals surface area contributed by atoms with Gasteiger partial charge in [-0.1, -0.05) is 6.92 Å². The van der Waals surface area contributed by atoms with Gasteiger partial charge in [0.1, 0.15) is 0 Å². The van der Waals surface area contributed by atoms with Crippen LogP contribution in [0.1, 0.15) is 44.0 Å². The molecule has 2 heterocycles. The maximum absolute atomic E-state index is 12.0. The van der Waals surface area contributed by atoms with E-state index in [9.17, 15) is 4.79 Å². The van der Waals surface area contributed by atoms with Gasteiger partial charge in [-0.2, -0.15) is 0 Å². The molecule has 1 atom stereocenters. The molecule has 0 aromatic carbocycles. The van der Waals surface area contributed by atoms with E-state index in [1.807, 2.05) is 26.1 Å². The van der Waals surface area contributed by atoms with Crippen LogP contribution in [0.25, 0.3) is 0 Å². The fourth-order valence-corrected chi connectivity index (χ4v) is 2.49. The monoisotopic (exact) mass is 261 g/mol. The van der Waals surface area contributed by atoms with Gasteiger partial charge in [-0.15, -0.1) is 0 Å². The molecule has 0 spiro atoms. The molecule has 4 heteroatoms. The van der Waals surface area contributed by atoms with Gasteiger partial charge in [0.2, 0.25) is 0 Å². The number of carbonyl (C=O) groups is 1. The highest BCUT2D eigenvalue weighted by atomic mass is 16.1. The Morgan fingerprint density at radius 3 is 2.95 bits per heavy atom. The number of rotatable bonds is 3. The van der Waals surface area contributed by atoms with Crippen molar-refractivity contribution < 1.29 is 4.79 Å². The van der Waals surface area contributed by atoms with Crippen molar-refractivity contribution in [1.29, 1.82) is 0 Å². The molecule has 104 valence electrons. The third kappa shape index (κ3) is 3.69. The van der Waals surface area contributed by atoms with Crippen molar-refractivity contribution >= 4 is 11.6 Å². The van der Waals surface area contributed by atoms with Crippen LogP contribution < -0.4 is 10.2 Å². The number of hydrogen-bond acceptors (Lipinski definition) is 3. The second-order valence-corrected chi connectivity index (χ2v) is 5.75. The molecular formula is C15H23N3O. The molecule has 19 heavy (non-hydrogen) atoms. The smallest absolute Gasteiger partial charge is 0.253 e. The predicted molar refractivity (Wildman–Crippen MR) is 77.5 cm³/mol. The fourth-order valence-electron chi connectivity index (χ4n) is 2.49. The lowest BCUT2D eigenvalue weighted by Gasteiger charge is -2.32. The number of aromatic nitrogens is 1. The van der Waals surface area contributed by atoms with Crippen molar-refractivity contribution in [3.8, 4) is 0 Å². The third-order valence-corrected chi connectivity index (χ3v) is 3.43. The van der Waals surface area contributed by atoms with Crippen LogP contribution in [0.3, 0.4) is 0 Å². The Morgan fingerprint density at radius 2 is 2.26 bits per heavy atom. The van der Waals surface area contributed by atoms with Crippen molar-refractivity contribution in [3.05, 3.63) is 24.0 Å². The summed E-state index contributed by atoms with van der Waals surface area (Å²) in [4.78, 5) is 18.5. The van der Waals surface area contributed by atoms with Crippen molar-refractivity contribution in [1.82, 2.24) is 10.3 Å². The number of anilines is 1. The van der Waals surface area contributed by atoms with Crippen LogP contribution >= 0.6 is 0 Å². The van der Waals surface area contributed by atoms with E-state index in [4.69, 9.17) is 0 Å². The molecule has 2 rings (SSSR count). The van der Waals surface area contributed by atoms with E-state index in [0.29, 0.717) is 11.5 Å². The minimum absolute atomic E-state index is 0.0468. The van der Waals surface area contributed by atoms with Crippen LogP contribution in [-0.4, -0.2) is 30.0 Å². The average molecular weight is 261 g/mol. The Labute approximate surface area is 115 Å². The Balaban J connectivity index is 2.12. The SMILES string of the molecule is CC1CCCN(c2cncc(C(=O)NC(C)C)c2)C1. The second-order valence-electron chi connectivity index (χ2n) is 5.75. The summed E-state index contributed by atoms with van der Waals surface area (Å²) < 4.78 is 0. The number of hydrogen-bond donors (Lipinski definition) is 1. The summed E-state index contributed by atoms with van der Waals surface area (Å²) in [6.45, 7) is 8.30. The molecule has 1 aromatic heterocycles. The lowest BCUT2D eigenvalue weighted by atomic mass is 10.00. The maximum atomic E-state index is 12.0. The van der Waals surface area contributed by atoms with E-state index in [-0.39, 0.29) is 11.9 Å². The minimum atomic E-state index is -0.0468. The minimum Gasteiger partial charge on any atom is -0.370 e. The normalized spacial score (nSPS) is 19.6. The van der Waals surface area contributed by atoms with E-state index in [1.165, 1.54) is 12.8 Å². The summed E-state index contributed by atoms with van der Waals surface area (Å²) in [6.07, 6.45) is 5.99. The summed E-state index contributed by atoms with van der Waals surface area (Å²) in [5, 5.41) is 2.90. The summed E-state index contributed by atoms with van der Waals surface area (Å²) in [5.74, 6) is 0.663. The first-order valence-corrected chi connectivity index (χ1v) is 7.07. The molecule has 4 nitrogen and oxygen atoms in total. The van der Waals surface area contributed by atoms with Gasteiger partial charge in [-0.05, 0) is 38.7 Å². The molecule has 1 aliphatic rings. The van der Waals surface area contributed by atoms with Gasteiger partial charge in [0.15, 0.2) is 0 Å². The summed E-state index contributed by atoms with van der Waals surface area (Å²) in [5.41, 5.74) is 1.70. The highest BCUT2D eigenvalue weighted by molar-refractivity contribution is 5.94. The largest absolute Gasteiger partial charge is 0.370 e. The number of piperidine rings is 1. The summed E-state index contributed by atoms with van der Waals surface area (Å²) >= 11 is 0. The second kappa shape index (κ2) is 6.04. The highest BCUT2D eigenvalue weighted by Gasteiger charge is 2.18. The van der Waals surface area contributed by atoms with Crippen LogP contribution in [-0.2, 0) is 0 Å². The molecule has 1 saturated heterocycles. The quantitative estimate of drug-likeness (QED) is 0.909. The zero-order valence-corrected chi connectivity index (χ0v) is 12.0. The van der Waals surface area contributed by atoms with Crippen LogP contribution in [0.15, 0.2) is 18.5 Å². The van der Waals surface area contributed by atoms with Crippen molar-refractivity contribution in [2.24, 2.45) is 5.92 Å². The zero-order valence-electron chi connectivity index (χ0n) is 12.0. The average Bonchev–Trinajstić information content (AvgIpc) is 2.38. The summed E-state index contributed by atoms with van der Waals surface area (Å²) in [6, 6.07) is 2.09. The first kappa shape index (κ1) is 13.8. The highest BCUT2D eigenvalue weighted by Crippen LogP contribution is 2.22. The lowest BCUT2D eigenvalue weighted by molar-refractivity contribution is 0.0943. The van der Waals surface area contributed by atoms with Crippen molar-refractivity contribution in [2.75, 3.05) is 18.0 Å². The van der Waals surface area contributed by atoms with Gasteiger partial charge in [0.05, 0.1) is 17.4 Å². The molecule has 1 amide bonds. The predicted octanol–water partition coefficient (Wildman–Crippen LogP) is 2.46. The standard InChI is InChI=1S/C15H23N3O/c1-11(2)17-15(19)13-7-14(9-16-8-13)18-6-4-5-12(3)10-18/h7-9,11-12H,4-6,10H2,1-3H3,(H,17,19). The Kier molecular flexibility index (Phi) is 4.40. The van der Waals surface area contributed by atoms with E-state index in [2.05, 4.69) is 22.1 Å². The number of nitrogens with zero attached hydrogens (tertiary/aromatic N) is 2. The maximum Gasteiger partial charge on any atom is 0.253 e. The molecule has 1 aromatic rings. The Hall–Kier alpha value is -1.58. The van der Waals surface area contributed by atoms with Crippen LogP contribution in [0.4, 0.5) is 5.69 Å². The third-order valence-electron chi connectivity index (χ3n) is 3.43. The molecule has 1 aliphatic heterocycles. The van der Waals surface area contributed by atoms with Gasteiger partial charge in [-0.25, -0.2) is 0 Å². The van der Waals surface area contributed by atoms with Gasteiger partial charge in [0, 0.05) is 25.3 Å². The summed E-state index contributed by atoms with van der Waals surface area (Å²) in [7, 11) is 0. The number of pyridine rings is 1. The zero-order chi connectivity index (χ0) is 13.8. The van der Waals surface area contributed by atoms with Gasteiger partial charge in [-0.3, -0.25) is 9.78 Å². The molecule has 1 fully saturated rings. The number of carbonyl (C=O) groups excluding carboxylic acids is 1. The van der Waals surface area contributed by atoms with E-state index in [1.54, 1.807) is 6.20 Å². The van der Waals surface area contributed by atoms with Crippen molar-refractivity contribution in [3.63, 3.8) is 0 Å². The van der Waals surface area contributed by atoms with E-state index < -0.39 is 0 Å². The molecular weight excluding hydrogens is 238 g/mol. The lowest BCUT2D eigenvalue weighted by Crippen LogP contribution is -2.35. The van der Waals surface area contributed by atoms with Crippen LogP contribution in [0.2, 0.25) is 0 Å². The van der Waals surface area contributed by atoms with Gasteiger partial charge < -0.3 is 10.2 Å². The van der Waals surface area contributed by atoms with Gasteiger partial charge in [0.25, 0.3) is 5.91 Å². The van der Waals surface area contributed by atoms with E-state index in [0.717, 1.165) is 18.8 Å². The van der Waals surface area contributed by atoms with Crippen LogP contribution in [0, 0.1) is 5.92 Å². The number of nitrogens with one attached hydrogen (secondary N) is 1. The number of amides is 1. The van der Waals surface area contributed by atoms with Crippen LogP contribution in [0.5, 0.6) is 0 Å². The molecule has 1 N–H and O–H groups in total. The van der Waals surface area contributed by atoms with Crippen molar-refractivity contribution in [2.45, 2.75) is 39.7 Å². The first-order chi connectivity index (χ1) is 9.06. The molecule has 1 unspecified atom stereocenters. The molecule has 0 radical (unpaired) electrons. The van der Waals surface area contributed by atoms with E-state index >= 15 is 0 Å². The van der Waals surface area contributed by atoms with Gasteiger partial charge >= 0.3 is 0 Å². The Morgan fingerprint density at radius 1 is 1.47 bits per heavy atom. The fraction of sp³-hybridized carbons (Fsp3) is 0.600. The molecule has 0 bridgehead atoms. The first-order valence-electron chi connectivity index (χ1n) is 7.07. The molecule has 0 aliphatic carbocycles. The topological polar surface area (TPSA) is 45.2 Å². The molecule has 0 saturated carbocycles.